The van der Waals surface area contributed by atoms with E-state index in [1.165, 1.54) is 31.4 Å². The highest BCUT2D eigenvalue weighted by Crippen LogP contribution is 2.26. The van der Waals surface area contributed by atoms with Gasteiger partial charge in [0.2, 0.25) is 5.91 Å². The number of carbonyl (C=O) groups is 1. The van der Waals surface area contributed by atoms with Crippen molar-refractivity contribution in [1.82, 2.24) is 15.5 Å². The predicted molar refractivity (Wildman–Crippen MR) is 122 cm³/mol. The third-order valence-electron chi connectivity index (χ3n) is 5.64. The van der Waals surface area contributed by atoms with Crippen LogP contribution in [-0.4, -0.2) is 49.5 Å². The van der Waals surface area contributed by atoms with Crippen LogP contribution in [-0.2, 0) is 11.2 Å². The number of halogens is 2. The molecule has 7 heteroatoms. The molecule has 2 aliphatic rings. The van der Waals surface area contributed by atoms with Gasteiger partial charge in [-0.3, -0.25) is 9.79 Å². The van der Waals surface area contributed by atoms with Gasteiger partial charge in [0.05, 0.1) is 0 Å². The van der Waals surface area contributed by atoms with E-state index in [0.717, 1.165) is 56.8 Å². The van der Waals surface area contributed by atoms with E-state index >= 15 is 0 Å². The quantitative estimate of drug-likeness (QED) is 0.369. The Morgan fingerprint density at radius 2 is 1.89 bits per heavy atom. The number of amides is 1. The number of likely N-dealkylation sites (tertiary alicyclic amines) is 1. The summed E-state index contributed by atoms with van der Waals surface area (Å²) in [5, 5.41) is 6.74. The third-order valence-corrected chi connectivity index (χ3v) is 5.64. The molecule has 0 spiro atoms. The Bertz CT molecular complexity index is 646. The Morgan fingerprint density at radius 1 is 1.18 bits per heavy atom. The largest absolute Gasteiger partial charge is 0.356 e. The second-order valence-electron chi connectivity index (χ2n) is 7.62. The van der Waals surface area contributed by atoms with E-state index in [9.17, 15) is 9.18 Å². The minimum Gasteiger partial charge on any atom is -0.356 e. The van der Waals surface area contributed by atoms with E-state index in [2.05, 4.69) is 15.6 Å². The Morgan fingerprint density at radius 3 is 2.57 bits per heavy atom. The van der Waals surface area contributed by atoms with Crippen LogP contribution in [0.5, 0.6) is 0 Å². The van der Waals surface area contributed by atoms with Gasteiger partial charge >= 0.3 is 0 Å². The van der Waals surface area contributed by atoms with Crippen LogP contribution in [0.4, 0.5) is 4.39 Å². The fraction of sp³-hybridized carbons (Fsp3) is 0.619. The van der Waals surface area contributed by atoms with Gasteiger partial charge in [-0.2, -0.15) is 0 Å². The summed E-state index contributed by atoms with van der Waals surface area (Å²) in [5.41, 5.74) is 1.09. The fourth-order valence-corrected chi connectivity index (χ4v) is 4.05. The standard InChI is InChI=1S/C21H31FN4O.HI/c1-23-21(24-13-11-16-7-9-18(22)10-8-16)25-19-12-14-26(15-19)20(27)17-5-3-2-4-6-17;/h7-10,17,19H,2-6,11-15H2,1H3,(H2,23,24,25);1H. The van der Waals surface area contributed by atoms with Gasteiger partial charge in [0, 0.05) is 38.6 Å². The lowest BCUT2D eigenvalue weighted by Crippen LogP contribution is -2.46. The first kappa shape index (κ1) is 22.9. The van der Waals surface area contributed by atoms with Crippen molar-refractivity contribution in [2.45, 2.75) is 51.0 Å². The molecular weight excluding hydrogens is 470 g/mol. The molecule has 1 unspecified atom stereocenters. The monoisotopic (exact) mass is 502 g/mol. The zero-order valence-electron chi connectivity index (χ0n) is 16.6. The highest BCUT2D eigenvalue weighted by atomic mass is 127. The molecule has 2 fully saturated rings. The van der Waals surface area contributed by atoms with Crippen molar-refractivity contribution in [2.24, 2.45) is 10.9 Å². The van der Waals surface area contributed by atoms with E-state index in [1.54, 1.807) is 19.2 Å². The lowest BCUT2D eigenvalue weighted by Gasteiger charge is -2.26. The molecule has 5 nitrogen and oxygen atoms in total. The number of hydrogen-bond acceptors (Lipinski definition) is 2. The first-order chi connectivity index (χ1) is 13.2. The molecule has 2 N–H and O–H groups in total. The maximum atomic E-state index is 13.0. The minimum absolute atomic E-state index is 0. The van der Waals surface area contributed by atoms with Gasteiger partial charge in [0.25, 0.3) is 0 Å². The maximum absolute atomic E-state index is 13.0. The highest BCUT2D eigenvalue weighted by Gasteiger charge is 2.31. The van der Waals surface area contributed by atoms with Crippen molar-refractivity contribution in [3.63, 3.8) is 0 Å². The van der Waals surface area contributed by atoms with Crippen LogP contribution in [0, 0.1) is 11.7 Å². The zero-order valence-corrected chi connectivity index (χ0v) is 19.0. The van der Waals surface area contributed by atoms with Crippen LogP contribution in [0.1, 0.15) is 44.1 Å². The number of benzene rings is 1. The summed E-state index contributed by atoms with van der Waals surface area (Å²) in [4.78, 5) is 19.0. The van der Waals surface area contributed by atoms with E-state index in [-0.39, 0.29) is 41.8 Å². The Hall–Kier alpha value is -1.38. The normalized spacial score (nSPS) is 20.6. The summed E-state index contributed by atoms with van der Waals surface area (Å²) in [6.45, 7) is 2.32. The molecule has 1 aromatic carbocycles. The van der Waals surface area contributed by atoms with Crippen LogP contribution in [0.2, 0.25) is 0 Å². The molecule has 0 bridgehead atoms. The van der Waals surface area contributed by atoms with Crippen LogP contribution in [0.3, 0.4) is 0 Å². The minimum atomic E-state index is -0.210. The lowest BCUT2D eigenvalue weighted by atomic mass is 9.88. The molecule has 0 radical (unpaired) electrons. The molecule has 1 atom stereocenters. The number of nitrogens with zero attached hydrogens (tertiary/aromatic N) is 2. The number of nitrogens with one attached hydrogen (secondary N) is 2. The van der Waals surface area contributed by atoms with Gasteiger partial charge in [-0.25, -0.2) is 4.39 Å². The number of rotatable bonds is 5. The molecule has 1 aromatic rings. The van der Waals surface area contributed by atoms with Gasteiger partial charge in [0.1, 0.15) is 5.82 Å². The molecule has 28 heavy (non-hydrogen) atoms. The summed E-state index contributed by atoms with van der Waals surface area (Å²) in [5.74, 6) is 1.13. The lowest BCUT2D eigenvalue weighted by molar-refractivity contribution is -0.135. The summed E-state index contributed by atoms with van der Waals surface area (Å²) < 4.78 is 13.0. The average Bonchev–Trinajstić information content (AvgIpc) is 3.17. The summed E-state index contributed by atoms with van der Waals surface area (Å²) in [6, 6.07) is 6.82. The summed E-state index contributed by atoms with van der Waals surface area (Å²) >= 11 is 0. The van der Waals surface area contributed by atoms with Crippen molar-refractivity contribution >= 4 is 35.8 Å². The molecule has 1 heterocycles. The van der Waals surface area contributed by atoms with Crippen molar-refractivity contribution in [3.05, 3.63) is 35.6 Å². The number of guanidine groups is 1. The highest BCUT2D eigenvalue weighted by molar-refractivity contribution is 14.0. The van der Waals surface area contributed by atoms with Crippen LogP contribution >= 0.6 is 24.0 Å². The number of aliphatic imine (C=N–C) groups is 1. The third kappa shape index (κ3) is 6.60. The molecule has 0 aromatic heterocycles. The van der Waals surface area contributed by atoms with E-state index in [0.29, 0.717) is 5.91 Å². The zero-order chi connectivity index (χ0) is 19.1. The van der Waals surface area contributed by atoms with Crippen molar-refractivity contribution < 1.29 is 9.18 Å². The molecular formula is C21H32FIN4O. The number of hydrogen-bond donors (Lipinski definition) is 2. The van der Waals surface area contributed by atoms with Crippen molar-refractivity contribution in [2.75, 3.05) is 26.7 Å². The smallest absolute Gasteiger partial charge is 0.225 e. The molecule has 1 saturated carbocycles. The second kappa shape index (κ2) is 11.6. The average molecular weight is 502 g/mol. The molecule has 1 aliphatic heterocycles. The van der Waals surface area contributed by atoms with Gasteiger partial charge in [-0.05, 0) is 43.4 Å². The van der Waals surface area contributed by atoms with E-state index < -0.39 is 0 Å². The topological polar surface area (TPSA) is 56.7 Å². The molecule has 1 aliphatic carbocycles. The fourth-order valence-electron chi connectivity index (χ4n) is 4.05. The van der Waals surface area contributed by atoms with Crippen molar-refractivity contribution in [3.8, 4) is 0 Å². The van der Waals surface area contributed by atoms with Crippen LogP contribution in [0.15, 0.2) is 29.3 Å². The van der Waals surface area contributed by atoms with Gasteiger partial charge in [0.15, 0.2) is 5.96 Å². The van der Waals surface area contributed by atoms with Gasteiger partial charge in [-0.15, -0.1) is 24.0 Å². The molecule has 3 rings (SSSR count). The Labute approximate surface area is 184 Å². The SMILES string of the molecule is CN=C(NCCc1ccc(F)cc1)NC1CCN(C(=O)C2CCCCC2)C1.I. The van der Waals surface area contributed by atoms with E-state index in [4.69, 9.17) is 0 Å². The molecule has 156 valence electrons. The first-order valence-corrected chi connectivity index (χ1v) is 10.2. The maximum Gasteiger partial charge on any atom is 0.225 e. The Kier molecular flexibility index (Phi) is 9.47. The first-order valence-electron chi connectivity index (χ1n) is 10.2. The van der Waals surface area contributed by atoms with Crippen molar-refractivity contribution in [1.29, 1.82) is 0 Å². The van der Waals surface area contributed by atoms with Gasteiger partial charge < -0.3 is 15.5 Å². The molecule has 1 saturated heterocycles. The van der Waals surface area contributed by atoms with Crippen LogP contribution in [0.25, 0.3) is 0 Å². The van der Waals surface area contributed by atoms with Crippen LogP contribution < -0.4 is 10.6 Å². The number of carbonyl (C=O) groups excluding carboxylic acids is 1. The Balaban J connectivity index is 0.00000280. The second-order valence-corrected chi connectivity index (χ2v) is 7.62. The van der Waals surface area contributed by atoms with Gasteiger partial charge in [-0.1, -0.05) is 31.4 Å². The molecule has 1 amide bonds. The predicted octanol–water partition coefficient (Wildman–Crippen LogP) is 3.33. The summed E-state index contributed by atoms with van der Waals surface area (Å²) in [7, 11) is 1.76. The summed E-state index contributed by atoms with van der Waals surface area (Å²) in [6.07, 6.45) is 7.52. The van der Waals surface area contributed by atoms with E-state index in [1.807, 2.05) is 4.90 Å².